The van der Waals surface area contributed by atoms with Gasteiger partial charge in [-0.2, -0.15) is 4.98 Å². The predicted octanol–water partition coefficient (Wildman–Crippen LogP) is 0.583. The first kappa shape index (κ1) is 12.7. The van der Waals surface area contributed by atoms with Crippen molar-refractivity contribution in [1.29, 1.82) is 0 Å². The predicted molar refractivity (Wildman–Crippen MR) is 63.8 cm³/mol. The van der Waals surface area contributed by atoms with E-state index in [-0.39, 0.29) is 6.61 Å². The lowest BCUT2D eigenvalue weighted by atomic mass is 10.0. The maximum Gasteiger partial charge on any atom is 0.239 e. The fourth-order valence-electron chi connectivity index (χ4n) is 1.41. The minimum Gasteiger partial charge on any atom is -0.396 e. The molecule has 0 aliphatic carbocycles. The summed E-state index contributed by atoms with van der Waals surface area (Å²) in [5, 5.41) is 12.1. The molecule has 6 heteroatoms. The molecule has 1 heterocycles. The minimum absolute atomic E-state index is 0.222. The number of aliphatic hydroxyl groups excluding tert-OH is 1. The number of rotatable bonds is 7. The second kappa shape index (κ2) is 6.97. The van der Waals surface area contributed by atoms with Crippen molar-refractivity contribution in [2.24, 2.45) is 11.8 Å². The standard InChI is InChI=1S/C10H19N5O/c1-2-8(4-6-16)7-13-9-3-5-12-10(14-9)15-11/h3,5,8,16H,2,4,6-7,11H2,1H3,(H2,12,13,14,15). The topological polar surface area (TPSA) is 96.1 Å². The number of nitrogens with zero attached hydrogens (tertiary/aromatic N) is 2. The molecule has 0 amide bonds. The fourth-order valence-corrected chi connectivity index (χ4v) is 1.41. The minimum atomic E-state index is 0.222. The van der Waals surface area contributed by atoms with Gasteiger partial charge in [-0.15, -0.1) is 0 Å². The number of hydrogen-bond donors (Lipinski definition) is 4. The molecule has 0 aliphatic heterocycles. The van der Waals surface area contributed by atoms with E-state index in [1.165, 1.54) is 0 Å². The summed E-state index contributed by atoms with van der Waals surface area (Å²) >= 11 is 0. The lowest BCUT2D eigenvalue weighted by Gasteiger charge is -2.14. The van der Waals surface area contributed by atoms with Crippen LogP contribution in [-0.4, -0.2) is 28.2 Å². The van der Waals surface area contributed by atoms with Gasteiger partial charge in [-0.3, -0.25) is 5.43 Å². The molecule has 1 aromatic rings. The van der Waals surface area contributed by atoms with Gasteiger partial charge in [-0.05, 0) is 18.4 Å². The summed E-state index contributed by atoms with van der Waals surface area (Å²) in [6, 6.07) is 1.78. The molecule has 0 fully saturated rings. The molecule has 0 saturated carbocycles. The maximum absolute atomic E-state index is 8.87. The summed E-state index contributed by atoms with van der Waals surface area (Å²) in [6.45, 7) is 3.12. The second-order valence-corrected chi connectivity index (χ2v) is 3.58. The van der Waals surface area contributed by atoms with Gasteiger partial charge >= 0.3 is 0 Å². The summed E-state index contributed by atoms with van der Waals surface area (Å²) < 4.78 is 0. The highest BCUT2D eigenvalue weighted by Crippen LogP contribution is 2.10. The second-order valence-electron chi connectivity index (χ2n) is 3.58. The van der Waals surface area contributed by atoms with Gasteiger partial charge in [0.15, 0.2) is 0 Å². The van der Waals surface area contributed by atoms with E-state index in [1.54, 1.807) is 12.3 Å². The molecule has 0 saturated heterocycles. The lowest BCUT2D eigenvalue weighted by molar-refractivity contribution is 0.258. The van der Waals surface area contributed by atoms with E-state index in [0.29, 0.717) is 11.9 Å². The summed E-state index contributed by atoms with van der Waals surface area (Å²) in [5.41, 5.74) is 2.39. The first-order valence-corrected chi connectivity index (χ1v) is 5.44. The van der Waals surface area contributed by atoms with E-state index in [1.807, 2.05) is 0 Å². The van der Waals surface area contributed by atoms with Crippen molar-refractivity contribution >= 4 is 11.8 Å². The SMILES string of the molecule is CCC(CCO)CNc1ccnc(NN)n1. The number of hydrazine groups is 1. The molecule has 1 rings (SSSR count). The maximum atomic E-state index is 8.87. The lowest BCUT2D eigenvalue weighted by Crippen LogP contribution is -2.17. The largest absolute Gasteiger partial charge is 0.396 e. The van der Waals surface area contributed by atoms with Crippen LogP contribution >= 0.6 is 0 Å². The molecule has 1 atom stereocenters. The highest BCUT2D eigenvalue weighted by molar-refractivity contribution is 5.38. The van der Waals surface area contributed by atoms with Crippen molar-refractivity contribution in [2.45, 2.75) is 19.8 Å². The van der Waals surface area contributed by atoms with Crippen molar-refractivity contribution in [3.63, 3.8) is 0 Å². The molecule has 0 aliphatic rings. The van der Waals surface area contributed by atoms with Crippen LogP contribution in [0.2, 0.25) is 0 Å². The van der Waals surface area contributed by atoms with E-state index < -0.39 is 0 Å². The molecular weight excluding hydrogens is 206 g/mol. The average molecular weight is 225 g/mol. The quantitative estimate of drug-likeness (QED) is 0.400. The van der Waals surface area contributed by atoms with Gasteiger partial charge in [0.2, 0.25) is 5.95 Å². The van der Waals surface area contributed by atoms with Crippen LogP contribution in [0.4, 0.5) is 11.8 Å². The normalized spacial score (nSPS) is 12.2. The van der Waals surface area contributed by atoms with Crippen molar-refractivity contribution in [1.82, 2.24) is 9.97 Å². The Balaban J connectivity index is 2.46. The number of nitrogens with one attached hydrogen (secondary N) is 2. The molecule has 0 bridgehead atoms. The highest BCUT2D eigenvalue weighted by atomic mass is 16.3. The molecule has 16 heavy (non-hydrogen) atoms. The number of aliphatic hydroxyl groups is 1. The van der Waals surface area contributed by atoms with Gasteiger partial charge in [-0.1, -0.05) is 13.3 Å². The third-order valence-electron chi connectivity index (χ3n) is 2.47. The van der Waals surface area contributed by atoms with Gasteiger partial charge < -0.3 is 10.4 Å². The van der Waals surface area contributed by atoms with Gasteiger partial charge in [0, 0.05) is 19.3 Å². The van der Waals surface area contributed by atoms with Crippen LogP contribution < -0.4 is 16.6 Å². The Labute approximate surface area is 95.3 Å². The number of anilines is 2. The Hall–Kier alpha value is -1.40. The molecule has 6 nitrogen and oxygen atoms in total. The number of aromatic nitrogens is 2. The highest BCUT2D eigenvalue weighted by Gasteiger charge is 2.05. The molecule has 1 unspecified atom stereocenters. The van der Waals surface area contributed by atoms with Crippen molar-refractivity contribution in [3.05, 3.63) is 12.3 Å². The van der Waals surface area contributed by atoms with Crippen LogP contribution in [-0.2, 0) is 0 Å². The van der Waals surface area contributed by atoms with Crippen LogP contribution in [0.3, 0.4) is 0 Å². The van der Waals surface area contributed by atoms with Crippen LogP contribution in [0.25, 0.3) is 0 Å². The first-order valence-electron chi connectivity index (χ1n) is 5.44. The molecule has 90 valence electrons. The van der Waals surface area contributed by atoms with E-state index in [0.717, 1.165) is 25.2 Å². The zero-order valence-corrected chi connectivity index (χ0v) is 9.48. The molecule has 1 aromatic heterocycles. The number of hydrogen-bond acceptors (Lipinski definition) is 6. The Morgan fingerprint density at radius 3 is 3.00 bits per heavy atom. The van der Waals surface area contributed by atoms with Crippen LogP contribution in [0, 0.1) is 5.92 Å². The Kier molecular flexibility index (Phi) is 5.52. The van der Waals surface area contributed by atoms with Crippen molar-refractivity contribution in [2.75, 3.05) is 23.9 Å². The zero-order chi connectivity index (χ0) is 11.8. The van der Waals surface area contributed by atoms with E-state index >= 15 is 0 Å². The summed E-state index contributed by atoms with van der Waals surface area (Å²) in [4.78, 5) is 8.05. The van der Waals surface area contributed by atoms with E-state index in [4.69, 9.17) is 10.9 Å². The third kappa shape index (κ3) is 4.00. The van der Waals surface area contributed by atoms with Crippen LogP contribution in [0.1, 0.15) is 19.8 Å². The molecular formula is C10H19N5O. The van der Waals surface area contributed by atoms with Gasteiger partial charge in [0.05, 0.1) is 0 Å². The van der Waals surface area contributed by atoms with E-state index in [2.05, 4.69) is 27.6 Å². The van der Waals surface area contributed by atoms with Gasteiger partial charge in [-0.25, -0.2) is 10.8 Å². The fraction of sp³-hybridized carbons (Fsp3) is 0.600. The number of nitrogen functional groups attached to an aromatic ring is 1. The molecule has 5 N–H and O–H groups in total. The van der Waals surface area contributed by atoms with Crippen molar-refractivity contribution in [3.8, 4) is 0 Å². The molecule has 0 spiro atoms. The van der Waals surface area contributed by atoms with E-state index in [9.17, 15) is 0 Å². The monoisotopic (exact) mass is 225 g/mol. The van der Waals surface area contributed by atoms with Crippen LogP contribution in [0.5, 0.6) is 0 Å². The molecule has 0 aromatic carbocycles. The van der Waals surface area contributed by atoms with Gasteiger partial charge in [0.1, 0.15) is 5.82 Å². The summed E-state index contributed by atoms with van der Waals surface area (Å²) in [7, 11) is 0. The van der Waals surface area contributed by atoms with Crippen molar-refractivity contribution < 1.29 is 5.11 Å². The Morgan fingerprint density at radius 1 is 1.56 bits per heavy atom. The Morgan fingerprint density at radius 2 is 2.38 bits per heavy atom. The van der Waals surface area contributed by atoms with Gasteiger partial charge in [0.25, 0.3) is 0 Å². The van der Waals surface area contributed by atoms with Crippen LogP contribution in [0.15, 0.2) is 12.3 Å². The number of nitrogens with two attached hydrogens (primary N) is 1. The summed E-state index contributed by atoms with van der Waals surface area (Å²) in [5.74, 6) is 6.79. The third-order valence-corrected chi connectivity index (χ3v) is 2.47. The summed E-state index contributed by atoms with van der Waals surface area (Å²) in [6.07, 6.45) is 3.47. The average Bonchev–Trinajstić information content (AvgIpc) is 2.34. The Bertz CT molecular complexity index is 307. The first-order chi connectivity index (χ1) is 7.80. The zero-order valence-electron chi connectivity index (χ0n) is 9.48. The smallest absolute Gasteiger partial charge is 0.239 e. The molecule has 0 radical (unpaired) electrons.